The number of hydrogen-bond acceptors (Lipinski definition) is 5. The first-order chi connectivity index (χ1) is 15.7. The van der Waals surface area contributed by atoms with Crippen LogP contribution in [0.1, 0.15) is 41.9 Å². The van der Waals surface area contributed by atoms with Gasteiger partial charge in [-0.1, -0.05) is 42.5 Å². The number of benzene rings is 2. The molecule has 1 amide bonds. The lowest BCUT2D eigenvalue weighted by Gasteiger charge is -2.29. The first-order valence-corrected chi connectivity index (χ1v) is 12.0. The van der Waals surface area contributed by atoms with Gasteiger partial charge in [0.2, 0.25) is 6.29 Å². The number of fused-ring (bicyclic) bond motifs is 1. The molecule has 5 rings (SSSR count). The van der Waals surface area contributed by atoms with E-state index in [1.54, 1.807) is 11.3 Å². The summed E-state index contributed by atoms with van der Waals surface area (Å²) in [5, 5.41) is 15.6. The van der Waals surface area contributed by atoms with Crippen LogP contribution in [0.2, 0.25) is 0 Å². The summed E-state index contributed by atoms with van der Waals surface area (Å²) in [4.78, 5) is 12.8. The van der Waals surface area contributed by atoms with Crippen molar-refractivity contribution in [3.05, 3.63) is 82.4 Å². The molecule has 0 radical (unpaired) electrons. The Bertz CT molecular complexity index is 1120. The molecular weight excluding hydrogens is 422 g/mol. The molecule has 1 aromatic heterocycles. The molecule has 0 spiro atoms. The number of hydrogen-bond donors (Lipinski definition) is 2. The monoisotopic (exact) mass is 449 g/mol. The highest BCUT2D eigenvalue weighted by Gasteiger charge is 2.31. The molecule has 2 aromatic carbocycles. The summed E-state index contributed by atoms with van der Waals surface area (Å²) in [6.07, 6.45) is 4.46. The lowest BCUT2D eigenvalue weighted by atomic mass is 9.92. The van der Waals surface area contributed by atoms with E-state index in [-0.39, 0.29) is 18.4 Å². The van der Waals surface area contributed by atoms with E-state index in [1.807, 2.05) is 36.4 Å². The molecule has 1 aliphatic heterocycles. The van der Waals surface area contributed by atoms with Gasteiger partial charge in [-0.2, -0.15) is 0 Å². The summed E-state index contributed by atoms with van der Waals surface area (Å²) in [5.41, 5.74) is 3.07. The second kappa shape index (κ2) is 9.45. The normalized spacial score (nSPS) is 20.6. The van der Waals surface area contributed by atoms with Crippen LogP contribution in [0, 0.1) is 5.92 Å². The number of ether oxygens (including phenoxy) is 2. The highest BCUT2D eigenvalue weighted by atomic mass is 32.1. The van der Waals surface area contributed by atoms with Crippen LogP contribution in [0.15, 0.2) is 65.7 Å². The SMILES string of the molecule is O=C(NCC1CC1)C1=C[C@H](c2csc3ccccc23)C[C@H](OCc2ccc(CO)cc2)O1. The fraction of sp³-hybridized carbons (Fsp3) is 0.346. The molecule has 166 valence electrons. The Morgan fingerprint density at radius 1 is 1.12 bits per heavy atom. The van der Waals surface area contributed by atoms with Gasteiger partial charge in [0.05, 0.1) is 13.2 Å². The van der Waals surface area contributed by atoms with E-state index in [0.29, 0.717) is 31.2 Å². The number of nitrogens with one attached hydrogen (secondary N) is 1. The smallest absolute Gasteiger partial charge is 0.286 e. The van der Waals surface area contributed by atoms with Gasteiger partial charge in [0.25, 0.3) is 5.91 Å². The van der Waals surface area contributed by atoms with Crippen molar-refractivity contribution >= 4 is 27.3 Å². The number of aliphatic hydroxyl groups is 1. The fourth-order valence-corrected chi connectivity index (χ4v) is 5.02. The first kappa shape index (κ1) is 21.2. The predicted molar refractivity (Wildman–Crippen MR) is 125 cm³/mol. The minimum Gasteiger partial charge on any atom is -0.459 e. The molecule has 2 atom stereocenters. The molecule has 1 fully saturated rings. The summed E-state index contributed by atoms with van der Waals surface area (Å²) < 4.78 is 13.3. The van der Waals surface area contributed by atoms with Crippen LogP contribution >= 0.6 is 11.3 Å². The molecule has 6 heteroatoms. The van der Waals surface area contributed by atoms with Gasteiger partial charge in [-0.05, 0) is 58.4 Å². The van der Waals surface area contributed by atoms with E-state index in [4.69, 9.17) is 9.47 Å². The number of thiophene rings is 1. The van der Waals surface area contributed by atoms with Crippen molar-refractivity contribution in [2.75, 3.05) is 6.54 Å². The zero-order chi connectivity index (χ0) is 21.9. The molecule has 2 aliphatic rings. The highest BCUT2D eigenvalue weighted by Crippen LogP contribution is 2.38. The van der Waals surface area contributed by atoms with E-state index in [2.05, 4.69) is 28.9 Å². The summed E-state index contributed by atoms with van der Waals surface area (Å²) in [5.74, 6) is 0.830. The van der Waals surface area contributed by atoms with Gasteiger partial charge in [-0.15, -0.1) is 11.3 Å². The quantitative estimate of drug-likeness (QED) is 0.516. The highest BCUT2D eigenvalue weighted by molar-refractivity contribution is 7.17. The molecule has 0 bridgehead atoms. The summed E-state index contributed by atoms with van der Waals surface area (Å²) in [7, 11) is 0. The Kier molecular flexibility index (Phi) is 6.26. The maximum absolute atomic E-state index is 12.8. The molecule has 1 aliphatic carbocycles. The number of amides is 1. The van der Waals surface area contributed by atoms with Crippen LogP contribution in [0.4, 0.5) is 0 Å². The van der Waals surface area contributed by atoms with Gasteiger partial charge in [-0.25, -0.2) is 0 Å². The topological polar surface area (TPSA) is 67.8 Å². The second-order valence-corrected chi connectivity index (χ2v) is 9.46. The summed E-state index contributed by atoms with van der Waals surface area (Å²) in [6, 6.07) is 16.0. The van der Waals surface area contributed by atoms with E-state index in [1.165, 1.54) is 28.5 Å². The van der Waals surface area contributed by atoms with Crippen LogP contribution < -0.4 is 5.32 Å². The van der Waals surface area contributed by atoms with Crippen molar-refractivity contribution in [1.29, 1.82) is 0 Å². The third-order valence-corrected chi connectivity index (χ3v) is 7.06. The van der Waals surface area contributed by atoms with E-state index in [0.717, 1.165) is 11.1 Å². The number of allylic oxidation sites excluding steroid dienone is 1. The van der Waals surface area contributed by atoms with Gasteiger partial charge in [0, 0.05) is 23.6 Å². The third kappa shape index (κ3) is 4.88. The van der Waals surface area contributed by atoms with Gasteiger partial charge in [0.15, 0.2) is 5.76 Å². The molecule has 5 nitrogen and oxygen atoms in total. The Labute approximate surface area is 191 Å². The third-order valence-electron chi connectivity index (χ3n) is 6.08. The maximum Gasteiger partial charge on any atom is 0.286 e. The van der Waals surface area contributed by atoms with Crippen LogP contribution in [0.5, 0.6) is 0 Å². The van der Waals surface area contributed by atoms with Gasteiger partial charge in [0.1, 0.15) is 0 Å². The number of carbonyl (C=O) groups excluding carboxylic acids is 1. The predicted octanol–water partition coefficient (Wildman–Crippen LogP) is 4.85. The first-order valence-electron chi connectivity index (χ1n) is 11.1. The van der Waals surface area contributed by atoms with Crippen molar-refractivity contribution in [3.8, 4) is 0 Å². The standard InChI is InChI=1S/C26H27NO4S/c28-14-18-7-9-19(10-8-18)15-30-25-12-20(22-16-32-24-4-2-1-3-21(22)24)11-23(31-25)26(29)27-13-17-5-6-17/h1-4,7-11,16-17,20,25,28H,5-6,12-15H2,(H,27,29)/t20-,25+/m0/s1. The van der Waals surface area contributed by atoms with Gasteiger partial charge < -0.3 is 19.9 Å². The van der Waals surface area contributed by atoms with E-state index in [9.17, 15) is 9.90 Å². The van der Waals surface area contributed by atoms with Crippen LogP contribution in [0.3, 0.4) is 0 Å². The zero-order valence-electron chi connectivity index (χ0n) is 17.8. The van der Waals surface area contributed by atoms with Crippen molar-refractivity contribution in [2.45, 2.75) is 44.7 Å². The van der Waals surface area contributed by atoms with Crippen LogP contribution in [-0.2, 0) is 27.5 Å². The van der Waals surface area contributed by atoms with Gasteiger partial charge >= 0.3 is 0 Å². The molecule has 2 N–H and O–H groups in total. The number of carbonyl (C=O) groups is 1. The van der Waals surface area contributed by atoms with E-state index < -0.39 is 6.29 Å². The largest absolute Gasteiger partial charge is 0.459 e. The molecule has 2 heterocycles. The van der Waals surface area contributed by atoms with Crippen molar-refractivity contribution in [1.82, 2.24) is 5.32 Å². The Hall–Kier alpha value is -2.67. The number of rotatable bonds is 8. The maximum atomic E-state index is 12.8. The van der Waals surface area contributed by atoms with Gasteiger partial charge in [-0.3, -0.25) is 4.79 Å². The molecule has 0 unspecified atom stereocenters. The van der Waals surface area contributed by atoms with Crippen LogP contribution in [-0.4, -0.2) is 23.8 Å². The average molecular weight is 450 g/mol. The molecular formula is C26H27NO4S. The Balaban J connectivity index is 1.34. The van der Waals surface area contributed by atoms with Crippen molar-refractivity contribution < 1.29 is 19.4 Å². The summed E-state index contributed by atoms with van der Waals surface area (Å²) >= 11 is 1.72. The number of aliphatic hydroxyl groups excluding tert-OH is 1. The minimum absolute atomic E-state index is 0.0211. The molecule has 1 saturated carbocycles. The lowest BCUT2D eigenvalue weighted by Crippen LogP contribution is -2.33. The molecule has 0 saturated heterocycles. The average Bonchev–Trinajstić information content (AvgIpc) is 3.57. The Morgan fingerprint density at radius 3 is 2.69 bits per heavy atom. The van der Waals surface area contributed by atoms with Crippen LogP contribution in [0.25, 0.3) is 10.1 Å². The van der Waals surface area contributed by atoms with Crippen molar-refractivity contribution in [2.24, 2.45) is 5.92 Å². The summed E-state index contributed by atoms with van der Waals surface area (Å²) in [6.45, 7) is 1.10. The molecule has 3 aromatic rings. The molecule has 32 heavy (non-hydrogen) atoms. The lowest BCUT2D eigenvalue weighted by molar-refractivity contribution is -0.150. The second-order valence-electron chi connectivity index (χ2n) is 8.55. The van der Waals surface area contributed by atoms with Crippen molar-refractivity contribution in [3.63, 3.8) is 0 Å². The zero-order valence-corrected chi connectivity index (χ0v) is 18.6. The Morgan fingerprint density at radius 2 is 1.91 bits per heavy atom. The minimum atomic E-state index is -0.511. The van der Waals surface area contributed by atoms with E-state index >= 15 is 0 Å². The fourth-order valence-electron chi connectivity index (χ4n) is 4.00.